The zero-order valence-corrected chi connectivity index (χ0v) is 40.5. The van der Waals surface area contributed by atoms with E-state index in [2.05, 4.69) is 104 Å². The van der Waals surface area contributed by atoms with Crippen LogP contribution in [0, 0.1) is 71.9 Å². The van der Waals surface area contributed by atoms with E-state index < -0.39 is 13.5 Å². The summed E-state index contributed by atoms with van der Waals surface area (Å²) in [7, 11) is 15.2. The molecule has 9 rings (SSSR count). The minimum Gasteiger partial charge on any atom is -0.265 e. The van der Waals surface area contributed by atoms with Gasteiger partial charge in [-0.05, 0) is 120 Å². The van der Waals surface area contributed by atoms with Crippen molar-refractivity contribution >= 4 is 47.2 Å². The maximum atomic E-state index is 12.3. The van der Waals surface area contributed by atoms with E-state index in [0.717, 1.165) is 31.6 Å². The number of likely N-dealkylation sites (N-methyl/N-ethyl adjacent to an activating group) is 1. The number of carbonyl (C=O) groups excluding carboxylic acids is 2. The van der Waals surface area contributed by atoms with Crippen LogP contribution in [0.5, 0.6) is 0 Å². The number of halogens is 2. The van der Waals surface area contributed by atoms with Crippen molar-refractivity contribution in [3.63, 3.8) is 0 Å². The second-order valence-corrected chi connectivity index (χ2v) is 22.1. The largest absolute Gasteiger partial charge is 0.265 e. The smallest absolute Gasteiger partial charge is 0.0267 e. The Labute approximate surface area is 383 Å². The standard InChI is InChI=1S/C21H27N2.C13H18N2O2.C7H6.2C5H5N.2ClH.Ru/c1-14-9-16(3)20(17(4)10-14)22-7-8-23(13-22)21-18(5)11-15(2)12-19(21)6;1-14(2)5-6-15-12(16)10-8-3-4-9(7-8)11(10)13(15)17;1-7-5-3-2-4-6-7;2*1-2-4-6-5-3-1;;;/h9-13H,7-8H2,1-6H3;3-4,8-11H,5-7H2,1-2H3;1-6H;2*1-5H;2*1H;/q-1;;;;;;;+2/p-2/t;8-,9+,10+,11-;;;;;;. The number of allylic oxidation sites excluding steroid dienone is 2. The van der Waals surface area contributed by atoms with Gasteiger partial charge in [-0.3, -0.25) is 24.5 Å². The number of aromatic nitrogens is 2. The molecule has 2 bridgehead atoms. The number of pyridine rings is 2. The van der Waals surface area contributed by atoms with E-state index in [1.54, 1.807) is 24.8 Å². The van der Waals surface area contributed by atoms with Gasteiger partial charge in [0, 0.05) is 62.3 Å². The van der Waals surface area contributed by atoms with E-state index in [9.17, 15) is 9.59 Å². The molecule has 0 N–H and O–H groups in total. The number of imide groups is 1. The SMILES string of the molecule is CN(C)CCN1C(=O)[C@@H]2[C@H](C1=O)[C@H]1C=C[C@@H]2C1.Cc1cc(C)c(N2[CH-]N(c3c(C)cc(C)cc3C)CC2)c(C)c1.[Cl][Ru]([Cl])=[CH]c1ccccc1.c1ccncc1.c1ccncc1. The number of rotatable bonds is 6. The molecular formula is C51H61Cl2N6O2Ru-. The number of hydrogen-bond donors (Lipinski definition) is 0. The van der Waals surface area contributed by atoms with Crippen LogP contribution in [0.1, 0.15) is 45.4 Å². The van der Waals surface area contributed by atoms with Crippen LogP contribution in [-0.4, -0.2) is 76.5 Å². The molecule has 2 aliphatic carbocycles. The monoisotopic (exact) mass is 961 g/mol. The Kier molecular flexibility index (Phi) is 18.6. The fraction of sp³-hybridized carbons (Fsp3) is 0.333. The van der Waals surface area contributed by atoms with Crippen molar-refractivity contribution in [1.29, 1.82) is 0 Å². The van der Waals surface area contributed by atoms with E-state index in [1.807, 2.05) is 90.3 Å². The van der Waals surface area contributed by atoms with Crippen LogP contribution in [0.3, 0.4) is 0 Å². The second kappa shape index (κ2) is 23.8. The van der Waals surface area contributed by atoms with E-state index in [0.29, 0.717) is 18.4 Å². The van der Waals surface area contributed by atoms with Crippen molar-refractivity contribution in [2.75, 3.05) is 50.1 Å². The van der Waals surface area contributed by atoms with Gasteiger partial charge in [0.15, 0.2) is 0 Å². The molecule has 4 heterocycles. The third-order valence-corrected chi connectivity index (χ3v) is 13.0. The third-order valence-electron chi connectivity index (χ3n) is 11.2. The molecule has 4 aliphatic rings. The van der Waals surface area contributed by atoms with Gasteiger partial charge in [0.1, 0.15) is 0 Å². The molecule has 0 spiro atoms. The minimum absolute atomic E-state index is 0.0420. The molecule has 62 heavy (non-hydrogen) atoms. The van der Waals surface area contributed by atoms with Crippen LogP contribution in [0.4, 0.5) is 11.4 Å². The van der Waals surface area contributed by atoms with Gasteiger partial charge in [0.2, 0.25) is 11.8 Å². The van der Waals surface area contributed by atoms with Gasteiger partial charge in [0.05, 0.1) is 11.8 Å². The summed E-state index contributed by atoms with van der Waals surface area (Å²) in [5.41, 5.74) is 12.0. The quantitative estimate of drug-likeness (QED) is 0.0727. The predicted molar refractivity (Wildman–Crippen MR) is 255 cm³/mol. The number of anilines is 2. The molecule has 0 unspecified atom stereocenters. The molecule has 8 nitrogen and oxygen atoms in total. The Morgan fingerprint density at radius 1 is 0.661 bits per heavy atom. The Morgan fingerprint density at radius 2 is 1.06 bits per heavy atom. The van der Waals surface area contributed by atoms with Crippen molar-refractivity contribution in [3.05, 3.63) is 174 Å². The topological polar surface area (TPSA) is 72.9 Å². The molecule has 5 aromatic rings. The number of likely N-dealkylation sites (tertiary alicyclic amines) is 1. The summed E-state index contributed by atoms with van der Waals surface area (Å²) >= 11 is -1.61. The first-order chi connectivity index (χ1) is 29.7. The van der Waals surface area contributed by atoms with E-state index in [-0.39, 0.29) is 23.7 Å². The second-order valence-electron chi connectivity index (χ2n) is 16.4. The zero-order chi connectivity index (χ0) is 44.8. The molecule has 1 saturated carbocycles. The van der Waals surface area contributed by atoms with Crippen molar-refractivity contribution < 1.29 is 23.1 Å². The number of carbonyl (C=O) groups is 2. The first kappa shape index (κ1) is 48.5. The maximum Gasteiger partial charge on any atom is 0.0267 e. The van der Waals surface area contributed by atoms with E-state index in [1.165, 1.54) is 49.7 Å². The van der Waals surface area contributed by atoms with E-state index >= 15 is 0 Å². The number of amides is 2. The van der Waals surface area contributed by atoms with Gasteiger partial charge in [-0.1, -0.05) is 59.7 Å². The van der Waals surface area contributed by atoms with Crippen LogP contribution in [0.25, 0.3) is 0 Å². The molecule has 2 saturated heterocycles. The molecule has 2 amide bonds. The predicted octanol–water partition coefficient (Wildman–Crippen LogP) is 10.3. The Balaban J connectivity index is 0.000000162. The number of fused-ring (bicyclic) bond motifs is 5. The molecule has 330 valence electrons. The summed E-state index contributed by atoms with van der Waals surface area (Å²) in [5, 5.41) is 0. The average Bonchev–Trinajstić information content (AvgIpc) is 4.04. The van der Waals surface area contributed by atoms with Gasteiger partial charge in [-0.2, -0.15) is 6.67 Å². The summed E-state index contributed by atoms with van der Waals surface area (Å²) in [4.78, 5) is 40.4. The summed E-state index contributed by atoms with van der Waals surface area (Å²) in [6, 6.07) is 30.4. The number of hydrogen-bond acceptors (Lipinski definition) is 7. The van der Waals surface area contributed by atoms with E-state index in [4.69, 9.17) is 19.4 Å². The Hall–Kier alpha value is -4.53. The minimum atomic E-state index is -1.61. The Morgan fingerprint density at radius 3 is 1.40 bits per heavy atom. The van der Waals surface area contributed by atoms with Crippen LogP contribution in [-0.2, 0) is 23.1 Å². The summed E-state index contributed by atoms with van der Waals surface area (Å²) in [6.07, 6.45) is 12.3. The normalized spacial score (nSPS) is 19.3. The van der Waals surface area contributed by atoms with Crippen molar-refractivity contribution in [1.82, 2.24) is 19.8 Å². The van der Waals surface area contributed by atoms with Crippen molar-refractivity contribution in [3.8, 4) is 0 Å². The summed E-state index contributed by atoms with van der Waals surface area (Å²) < 4.78 is 1.92. The summed E-state index contributed by atoms with van der Waals surface area (Å²) in [5.74, 6) is 0.702. The summed E-state index contributed by atoms with van der Waals surface area (Å²) in [6.45, 7) is 18.9. The molecule has 3 fully saturated rings. The zero-order valence-electron chi connectivity index (χ0n) is 37.2. The third kappa shape index (κ3) is 13.5. The first-order valence-electron chi connectivity index (χ1n) is 21.1. The van der Waals surface area contributed by atoms with Crippen LogP contribution in [0.2, 0.25) is 0 Å². The van der Waals surface area contributed by atoms with Crippen LogP contribution in [0.15, 0.2) is 128 Å². The fourth-order valence-electron chi connectivity index (χ4n) is 8.81. The average molecular weight is 962 g/mol. The van der Waals surface area contributed by atoms with Gasteiger partial charge >= 0.3 is 73.4 Å². The molecular weight excluding hydrogens is 901 g/mol. The van der Waals surface area contributed by atoms with Gasteiger partial charge in [0.25, 0.3) is 0 Å². The van der Waals surface area contributed by atoms with Gasteiger partial charge in [-0.25, -0.2) is 0 Å². The number of nitrogens with zero attached hydrogens (tertiary/aromatic N) is 6. The molecule has 3 aromatic carbocycles. The molecule has 0 radical (unpaired) electrons. The molecule has 11 heteroatoms. The van der Waals surface area contributed by atoms with Crippen LogP contribution >= 0.6 is 19.4 Å². The van der Waals surface area contributed by atoms with Crippen LogP contribution < -0.4 is 9.80 Å². The number of benzene rings is 3. The Bertz CT molecular complexity index is 2050. The van der Waals surface area contributed by atoms with Crippen molar-refractivity contribution in [2.24, 2.45) is 23.7 Å². The maximum absolute atomic E-state index is 12.3. The van der Waals surface area contributed by atoms with Gasteiger partial charge in [-0.15, -0.1) is 0 Å². The molecule has 2 aromatic heterocycles. The van der Waals surface area contributed by atoms with Gasteiger partial charge < -0.3 is 14.7 Å². The fourth-order valence-corrected chi connectivity index (χ4v) is 10.6. The molecule has 2 aliphatic heterocycles. The van der Waals surface area contributed by atoms with Crippen molar-refractivity contribution in [2.45, 2.75) is 48.0 Å². The molecule has 4 atom stereocenters. The number of aryl methyl sites for hydroxylation is 6. The first-order valence-corrected chi connectivity index (χ1v) is 26.5.